The van der Waals surface area contributed by atoms with Gasteiger partial charge in [0.05, 0.1) is 30.6 Å². The van der Waals surface area contributed by atoms with Gasteiger partial charge in [-0.1, -0.05) is 30.3 Å². The number of primary amides is 1. The highest BCUT2D eigenvalue weighted by Gasteiger charge is 2.66. The Morgan fingerprint density at radius 2 is 2.04 bits per heavy atom. The molecule has 0 aliphatic carbocycles. The van der Waals surface area contributed by atoms with E-state index < -0.39 is 17.0 Å². The molecule has 8 nitrogen and oxygen atoms in total. The first kappa shape index (κ1) is 21.7. The van der Waals surface area contributed by atoms with E-state index in [-0.39, 0.29) is 24.3 Å². The smallest absolute Gasteiger partial charge is 0.248 e. The zero-order valence-electron chi connectivity index (χ0n) is 15.7. The normalized spacial score (nSPS) is 27.9. The lowest BCUT2D eigenvalue weighted by Crippen LogP contribution is -2.72. The Kier molecular flexibility index (Phi) is 6.69. The highest BCUT2D eigenvalue weighted by molar-refractivity contribution is 7.80. The van der Waals surface area contributed by atoms with E-state index in [1.165, 1.54) is 0 Å². The minimum atomic E-state index is -0.943. The number of carbonyl (C=O) groups is 3. The summed E-state index contributed by atoms with van der Waals surface area (Å²) < 4.78 is 0. The van der Waals surface area contributed by atoms with Crippen molar-refractivity contribution in [2.45, 2.75) is 31.3 Å². The van der Waals surface area contributed by atoms with Gasteiger partial charge in [0.1, 0.15) is 5.54 Å². The van der Waals surface area contributed by atoms with E-state index in [1.54, 1.807) is 4.90 Å². The largest absolute Gasteiger partial charge is 0.370 e. The van der Waals surface area contributed by atoms with E-state index in [9.17, 15) is 19.6 Å². The van der Waals surface area contributed by atoms with Gasteiger partial charge in [0, 0.05) is 12.8 Å². The van der Waals surface area contributed by atoms with Crippen molar-refractivity contribution in [3.05, 3.63) is 35.9 Å². The van der Waals surface area contributed by atoms with Crippen LogP contribution in [0.3, 0.4) is 0 Å². The minimum Gasteiger partial charge on any atom is -0.370 e. The lowest BCUT2D eigenvalue weighted by molar-refractivity contribution is -0.153. The fourth-order valence-corrected chi connectivity index (χ4v) is 4.09. The van der Waals surface area contributed by atoms with Crippen LogP contribution in [-0.2, 0) is 14.4 Å². The third-order valence-corrected chi connectivity index (χ3v) is 5.34. The second-order valence-electron chi connectivity index (χ2n) is 7.14. The van der Waals surface area contributed by atoms with Gasteiger partial charge >= 0.3 is 0 Å². The summed E-state index contributed by atoms with van der Waals surface area (Å²) in [5.74, 6) is -0.239. The van der Waals surface area contributed by atoms with E-state index in [1.807, 2.05) is 37.3 Å². The van der Waals surface area contributed by atoms with Crippen LogP contribution in [0.4, 0.5) is 0 Å². The van der Waals surface area contributed by atoms with Crippen molar-refractivity contribution < 1.29 is 14.4 Å². The summed E-state index contributed by atoms with van der Waals surface area (Å²) in [5.41, 5.74) is 9.36. The summed E-state index contributed by atoms with van der Waals surface area (Å²) in [6.07, 6.45) is 0.705. The average molecular weight is 404 g/mol. The maximum Gasteiger partial charge on any atom is 0.248 e. The molecule has 5 N–H and O–H groups in total. The first-order valence-corrected chi connectivity index (χ1v) is 9.55. The molecule has 3 rings (SSSR count). The van der Waals surface area contributed by atoms with Crippen LogP contribution in [-0.4, -0.2) is 47.0 Å². The summed E-state index contributed by atoms with van der Waals surface area (Å²) >= 11 is 3.76. The van der Waals surface area contributed by atoms with Crippen LogP contribution in [0, 0.1) is 16.7 Å². The third kappa shape index (κ3) is 3.84. The number of thiol groups is 1. The summed E-state index contributed by atoms with van der Waals surface area (Å²) in [6.45, 7) is 2.00. The first-order chi connectivity index (χ1) is 13.3. The predicted octanol–water partition coefficient (Wildman–Crippen LogP) is 0.109. The Morgan fingerprint density at radius 3 is 2.39 bits per heavy atom. The number of hydrogen-bond acceptors (Lipinski definition) is 6. The summed E-state index contributed by atoms with van der Waals surface area (Å²) in [5, 5.41) is 12.4. The molecule has 3 unspecified atom stereocenters. The monoisotopic (exact) mass is 403 g/mol. The van der Waals surface area contributed by atoms with Crippen LogP contribution in [0.2, 0.25) is 0 Å². The van der Waals surface area contributed by atoms with Gasteiger partial charge in [-0.15, -0.1) is 0 Å². The molecule has 1 spiro atoms. The number of rotatable bonds is 4. The zero-order chi connectivity index (χ0) is 20.9. The van der Waals surface area contributed by atoms with Gasteiger partial charge < -0.3 is 21.7 Å². The Labute approximate surface area is 169 Å². The molecule has 28 heavy (non-hydrogen) atoms. The van der Waals surface area contributed by atoms with Crippen LogP contribution in [0.15, 0.2) is 30.3 Å². The molecule has 150 valence electrons. The van der Waals surface area contributed by atoms with Crippen molar-refractivity contribution in [1.29, 1.82) is 5.26 Å². The van der Waals surface area contributed by atoms with Gasteiger partial charge in [0.25, 0.3) is 0 Å². The molecular weight excluding hydrogens is 378 g/mol. The number of hydrogen-bond donors (Lipinski definition) is 4. The van der Waals surface area contributed by atoms with Crippen molar-refractivity contribution in [3.8, 4) is 6.07 Å². The Balaban J connectivity index is 0.000000409. The quantitative estimate of drug-likeness (QED) is 0.417. The topological polar surface area (TPSA) is 142 Å². The Morgan fingerprint density at radius 1 is 1.39 bits per heavy atom. The number of carbonyl (C=O) groups excluding carboxylic acids is 3. The average Bonchev–Trinajstić information content (AvgIpc) is 2.99. The van der Waals surface area contributed by atoms with Crippen LogP contribution in [0.5, 0.6) is 0 Å². The zero-order valence-corrected chi connectivity index (χ0v) is 16.6. The standard InChI is InChI=1S/C16H18N4O2.C3H7NOS/c1-15(9-18)8-16(10-19-14(16)22)20(12(21)7-17)13(15)11-5-3-2-4-6-11;4-3(5)1-2-6/h2-6,13H,7-8,10,17H2,1H3,(H,19,22);6H,1-2H2,(H2,4,5). The molecule has 0 bridgehead atoms. The van der Waals surface area contributed by atoms with Crippen molar-refractivity contribution in [2.75, 3.05) is 18.8 Å². The molecular formula is C19H25N5O3S. The molecule has 0 aromatic heterocycles. The van der Waals surface area contributed by atoms with Crippen LogP contribution in [0.25, 0.3) is 0 Å². The molecule has 0 saturated carbocycles. The van der Waals surface area contributed by atoms with E-state index >= 15 is 0 Å². The number of β-lactam (4-membered cyclic amide) rings is 1. The number of nitriles is 1. The number of benzene rings is 1. The van der Waals surface area contributed by atoms with Crippen LogP contribution < -0.4 is 16.8 Å². The fourth-order valence-electron chi connectivity index (χ4n) is 3.87. The second-order valence-corrected chi connectivity index (χ2v) is 7.59. The molecule has 0 radical (unpaired) electrons. The summed E-state index contributed by atoms with van der Waals surface area (Å²) in [6, 6.07) is 11.2. The lowest BCUT2D eigenvalue weighted by atomic mass is 9.75. The maximum atomic E-state index is 12.5. The van der Waals surface area contributed by atoms with E-state index in [2.05, 4.69) is 24.0 Å². The van der Waals surface area contributed by atoms with Gasteiger partial charge in [-0.3, -0.25) is 14.4 Å². The second kappa shape index (κ2) is 8.63. The molecule has 3 atom stereocenters. The third-order valence-electron chi connectivity index (χ3n) is 5.12. The van der Waals surface area contributed by atoms with Crippen LogP contribution >= 0.6 is 12.6 Å². The number of amides is 3. The highest BCUT2D eigenvalue weighted by Crippen LogP contribution is 2.55. The molecule has 1 aromatic rings. The predicted molar refractivity (Wildman–Crippen MR) is 107 cm³/mol. The van der Waals surface area contributed by atoms with Gasteiger partial charge in [-0.05, 0) is 18.2 Å². The molecule has 9 heteroatoms. The molecule has 2 fully saturated rings. The number of nitrogens with zero attached hydrogens (tertiary/aromatic N) is 2. The lowest BCUT2D eigenvalue weighted by Gasteiger charge is -2.45. The van der Waals surface area contributed by atoms with Gasteiger partial charge in [-0.25, -0.2) is 0 Å². The van der Waals surface area contributed by atoms with Gasteiger partial charge in [0.15, 0.2) is 0 Å². The summed E-state index contributed by atoms with van der Waals surface area (Å²) in [7, 11) is 0. The number of likely N-dealkylation sites (tertiary alicyclic amines) is 1. The molecule has 2 saturated heterocycles. The van der Waals surface area contributed by atoms with Crippen molar-refractivity contribution in [2.24, 2.45) is 16.9 Å². The molecule has 2 heterocycles. The number of nitrogens with two attached hydrogens (primary N) is 2. The minimum absolute atomic E-state index is 0.181. The summed E-state index contributed by atoms with van der Waals surface area (Å²) in [4.78, 5) is 36.0. The highest BCUT2D eigenvalue weighted by atomic mass is 32.1. The van der Waals surface area contributed by atoms with Gasteiger partial charge in [-0.2, -0.15) is 17.9 Å². The molecule has 3 amide bonds. The fraction of sp³-hybridized carbons (Fsp3) is 0.474. The van der Waals surface area contributed by atoms with E-state index in [0.29, 0.717) is 25.1 Å². The Hall–Kier alpha value is -2.57. The molecule has 1 aromatic carbocycles. The van der Waals surface area contributed by atoms with Gasteiger partial charge in [0.2, 0.25) is 17.7 Å². The maximum absolute atomic E-state index is 12.5. The van der Waals surface area contributed by atoms with E-state index in [0.717, 1.165) is 5.56 Å². The number of nitrogens with one attached hydrogen (secondary N) is 1. The van der Waals surface area contributed by atoms with E-state index in [4.69, 9.17) is 11.5 Å². The molecule has 2 aliphatic heterocycles. The van der Waals surface area contributed by atoms with Crippen molar-refractivity contribution in [1.82, 2.24) is 10.2 Å². The Bertz CT molecular complexity index is 797. The first-order valence-electron chi connectivity index (χ1n) is 8.91. The van der Waals surface area contributed by atoms with Crippen LogP contribution in [0.1, 0.15) is 31.4 Å². The van der Waals surface area contributed by atoms with Crippen molar-refractivity contribution in [3.63, 3.8) is 0 Å². The SMILES string of the molecule is CC1(C#N)CC2(CNC2=O)N(C(=O)CN)C1c1ccccc1.NC(=O)CCS. The molecule has 2 aliphatic rings. The van der Waals surface area contributed by atoms with Crippen molar-refractivity contribution >= 4 is 30.4 Å².